The molecule has 2 aromatic rings. The molecule has 19 heavy (non-hydrogen) atoms. The molecule has 2 rings (SSSR count). The summed E-state index contributed by atoms with van der Waals surface area (Å²) in [5.74, 6) is 1.37. The smallest absolute Gasteiger partial charge is 0.165 e. The van der Waals surface area contributed by atoms with Gasteiger partial charge in [0.2, 0.25) is 0 Å². The number of halogens is 1. The number of ether oxygens (including phenoxy) is 1. The highest BCUT2D eigenvalue weighted by Crippen LogP contribution is 2.19. The monoisotopic (exact) mass is 264 g/mol. The molecule has 0 radical (unpaired) electrons. The van der Waals surface area contributed by atoms with E-state index in [1.54, 1.807) is 10.7 Å². The van der Waals surface area contributed by atoms with Gasteiger partial charge in [0, 0.05) is 19.9 Å². The minimum Gasteiger partial charge on any atom is -0.494 e. The SMILES string of the molecule is COc1ccc(Cc2nc(CCN)nn2C)cc1F. The lowest BCUT2D eigenvalue weighted by Gasteiger charge is -2.04. The van der Waals surface area contributed by atoms with E-state index in [0.29, 0.717) is 25.2 Å². The van der Waals surface area contributed by atoms with Crippen molar-refractivity contribution in [2.24, 2.45) is 12.8 Å². The van der Waals surface area contributed by atoms with E-state index in [2.05, 4.69) is 10.1 Å². The summed E-state index contributed by atoms with van der Waals surface area (Å²) in [7, 11) is 3.27. The Morgan fingerprint density at radius 2 is 2.21 bits per heavy atom. The molecular weight excluding hydrogens is 247 g/mol. The highest BCUT2D eigenvalue weighted by Gasteiger charge is 2.09. The minimum atomic E-state index is -0.371. The number of methoxy groups -OCH3 is 1. The Morgan fingerprint density at radius 3 is 2.84 bits per heavy atom. The number of hydrogen-bond donors (Lipinski definition) is 1. The Bertz CT molecular complexity index is 568. The van der Waals surface area contributed by atoms with E-state index < -0.39 is 0 Å². The highest BCUT2D eigenvalue weighted by molar-refractivity contribution is 5.30. The predicted molar refractivity (Wildman–Crippen MR) is 69.5 cm³/mol. The van der Waals surface area contributed by atoms with Crippen molar-refractivity contribution in [3.63, 3.8) is 0 Å². The van der Waals surface area contributed by atoms with Gasteiger partial charge < -0.3 is 10.5 Å². The molecule has 0 bridgehead atoms. The van der Waals surface area contributed by atoms with Crippen LogP contribution >= 0.6 is 0 Å². The molecule has 6 heteroatoms. The zero-order chi connectivity index (χ0) is 13.8. The standard InChI is InChI=1S/C13H17FN4O/c1-18-13(16-12(17-18)5-6-15)8-9-3-4-11(19-2)10(14)7-9/h3-4,7H,5-6,8,15H2,1-2H3. The first-order valence-electron chi connectivity index (χ1n) is 6.05. The summed E-state index contributed by atoms with van der Waals surface area (Å²) in [6.07, 6.45) is 1.17. The molecule has 1 heterocycles. The van der Waals surface area contributed by atoms with Crippen molar-refractivity contribution in [1.29, 1.82) is 0 Å². The first-order valence-corrected chi connectivity index (χ1v) is 6.05. The number of nitrogens with zero attached hydrogens (tertiary/aromatic N) is 3. The van der Waals surface area contributed by atoms with Crippen molar-refractivity contribution in [3.05, 3.63) is 41.2 Å². The van der Waals surface area contributed by atoms with Gasteiger partial charge in [0.25, 0.3) is 0 Å². The van der Waals surface area contributed by atoms with Crippen LogP contribution in [-0.2, 0) is 19.9 Å². The van der Waals surface area contributed by atoms with Crippen molar-refractivity contribution < 1.29 is 9.13 Å². The second-order valence-corrected chi connectivity index (χ2v) is 4.25. The molecule has 0 spiro atoms. The fourth-order valence-corrected chi connectivity index (χ4v) is 1.87. The zero-order valence-electron chi connectivity index (χ0n) is 11.1. The Hall–Kier alpha value is -1.95. The topological polar surface area (TPSA) is 66.0 Å². The minimum absolute atomic E-state index is 0.241. The van der Waals surface area contributed by atoms with Crippen LogP contribution < -0.4 is 10.5 Å². The first-order chi connectivity index (χ1) is 9.13. The van der Waals surface area contributed by atoms with Crippen LogP contribution in [0.25, 0.3) is 0 Å². The van der Waals surface area contributed by atoms with Gasteiger partial charge in [-0.05, 0) is 24.2 Å². The number of hydrogen-bond acceptors (Lipinski definition) is 4. The van der Waals surface area contributed by atoms with Crippen molar-refractivity contribution >= 4 is 0 Å². The van der Waals surface area contributed by atoms with Gasteiger partial charge in [0.05, 0.1) is 7.11 Å². The van der Waals surface area contributed by atoms with Crippen LogP contribution in [-0.4, -0.2) is 28.4 Å². The molecule has 0 saturated carbocycles. The largest absolute Gasteiger partial charge is 0.494 e. The van der Waals surface area contributed by atoms with E-state index in [4.69, 9.17) is 10.5 Å². The lowest BCUT2D eigenvalue weighted by Crippen LogP contribution is -2.04. The molecule has 2 N–H and O–H groups in total. The van der Waals surface area contributed by atoms with Gasteiger partial charge in [-0.2, -0.15) is 5.10 Å². The lowest BCUT2D eigenvalue weighted by molar-refractivity contribution is 0.386. The number of benzene rings is 1. The second-order valence-electron chi connectivity index (χ2n) is 4.25. The zero-order valence-corrected chi connectivity index (χ0v) is 11.1. The normalized spacial score (nSPS) is 10.7. The summed E-state index contributed by atoms with van der Waals surface area (Å²) in [6, 6.07) is 4.89. The van der Waals surface area contributed by atoms with E-state index in [-0.39, 0.29) is 11.6 Å². The molecule has 0 amide bonds. The van der Waals surface area contributed by atoms with Crippen molar-refractivity contribution in [2.45, 2.75) is 12.8 Å². The van der Waals surface area contributed by atoms with Gasteiger partial charge in [-0.3, -0.25) is 4.68 Å². The van der Waals surface area contributed by atoms with Crippen LogP contribution in [0.1, 0.15) is 17.2 Å². The number of aryl methyl sites for hydroxylation is 1. The third kappa shape index (κ3) is 3.08. The molecule has 0 unspecified atom stereocenters. The quantitative estimate of drug-likeness (QED) is 0.876. The average molecular weight is 264 g/mol. The van der Waals surface area contributed by atoms with E-state index >= 15 is 0 Å². The average Bonchev–Trinajstić information content (AvgIpc) is 2.70. The van der Waals surface area contributed by atoms with E-state index in [1.807, 2.05) is 13.1 Å². The third-order valence-corrected chi connectivity index (χ3v) is 2.84. The predicted octanol–water partition coefficient (Wildman–Crippen LogP) is 1.05. The van der Waals surface area contributed by atoms with E-state index in [0.717, 1.165) is 11.4 Å². The van der Waals surface area contributed by atoms with Gasteiger partial charge in [0.1, 0.15) is 5.82 Å². The van der Waals surface area contributed by atoms with Crippen LogP contribution in [0.4, 0.5) is 4.39 Å². The Kier molecular flexibility index (Phi) is 4.11. The first kappa shape index (κ1) is 13.5. The maximum Gasteiger partial charge on any atom is 0.165 e. The van der Waals surface area contributed by atoms with Crippen molar-refractivity contribution in [3.8, 4) is 5.75 Å². The Balaban J connectivity index is 2.18. The molecule has 0 aliphatic heterocycles. The highest BCUT2D eigenvalue weighted by atomic mass is 19.1. The van der Waals surface area contributed by atoms with Gasteiger partial charge >= 0.3 is 0 Å². The summed E-state index contributed by atoms with van der Waals surface area (Å²) < 4.78 is 20.2. The Labute approximate surface area is 111 Å². The van der Waals surface area contributed by atoms with Gasteiger partial charge in [-0.15, -0.1) is 0 Å². The summed E-state index contributed by atoms with van der Waals surface area (Å²) in [5.41, 5.74) is 6.30. The van der Waals surface area contributed by atoms with Crippen LogP contribution in [0.3, 0.4) is 0 Å². The fraction of sp³-hybridized carbons (Fsp3) is 0.385. The Morgan fingerprint density at radius 1 is 1.42 bits per heavy atom. The molecule has 1 aromatic carbocycles. The van der Waals surface area contributed by atoms with Crippen molar-refractivity contribution in [1.82, 2.24) is 14.8 Å². The maximum atomic E-state index is 13.6. The number of aromatic nitrogens is 3. The van der Waals surface area contributed by atoms with Crippen LogP contribution in [0, 0.1) is 5.82 Å². The molecule has 1 aromatic heterocycles. The maximum absolute atomic E-state index is 13.6. The van der Waals surface area contributed by atoms with E-state index in [1.165, 1.54) is 13.2 Å². The van der Waals surface area contributed by atoms with Crippen LogP contribution in [0.2, 0.25) is 0 Å². The summed E-state index contributed by atoms with van der Waals surface area (Å²) in [5, 5.41) is 4.26. The molecule has 5 nitrogen and oxygen atoms in total. The fourth-order valence-electron chi connectivity index (χ4n) is 1.87. The number of nitrogens with two attached hydrogens (primary N) is 1. The van der Waals surface area contributed by atoms with E-state index in [9.17, 15) is 4.39 Å². The summed E-state index contributed by atoms with van der Waals surface area (Å²) in [4.78, 5) is 4.39. The molecule has 0 aliphatic rings. The van der Waals surface area contributed by atoms with Crippen LogP contribution in [0.5, 0.6) is 5.75 Å². The van der Waals surface area contributed by atoms with Gasteiger partial charge in [-0.1, -0.05) is 6.07 Å². The molecule has 0 saturated heterocycles. The molecule has 102 valence electrons. The van der Waals surface area contributed by atoms with Crippen molar-refractivity contribution in [2.75, 3.05) is 13.7 Å². The van der Waals surface area contributed by atoms with Crippen LogP contribution in [0.15, 0.2) is 18.2 Å². The van der Waals surface area contributed by atoms with Gasteiger partial charge in [0.15, 0.2) is 17.4 Å². The van der Waals surface area contributed by atoms with Gasteiger partial charge in [-0.25, -0.2) is 9.37 Å². The summed E-state index contributed by atoms with van der Waals surface area (Å²) >= 11 is 0. The third-order valence-electron chi connectivity index (χ3n) is 2.84. The number of rotatable bonds is 5. The molecule has 0 aliphatic carbocycles. The molecule has 0 fully saturated rings. The lowest BCUT2D eigenvalue weighted by atomic mass is 10.1. The summed E-state index contributed by atoms with van der Waals surface area (Å²) in [6.45, 7) is 0.515. The molecule has 0 atom stereocenters. The molecular formula is C13H17FN4O. The second kappa shape index (κ2) is 5.79.